The molecule has 0 aliphatic heterocycles. The van der Waals surface area contributed by atoms with Gasteiger partial charge in [-0.15, -0.1) is 0 Å². The van der Waals surface area contributed by atoms with Gasteiger partial charge in [-0.25, -0.2) is 8.42 Å². The number of aromatic nitrogens is 1. The maximum atomic E-state index is 12.8. The summed E-state index contributed by atoms with van der Waals surface area (Å²) in [6.07, 6.45) is 3.26. The van der Waals surface area contributed by atoms with E-state index < -0.39 is 9.84 Å². The first-order chi connectivity index (χ1) is 15.2. The predicted octanol–water partition coefficient (Wildman–Crippen LogP) is 3.96. The third-order valence-corrected chi connectivity index (χ3v) is 6.69. The number of hydrogen-bond acceptors (Lipinski definition) is 5. The van der Waals surface area contributed by atoms with Gasteiger partial charge >= 0.3 is 0 Å². The summed E-state index contributed by atoms with van der Waals surface area (Å²) in [5, 5.41) is 2.81. The number of hydrogen-bond donors (Lipinski definition) is 2. The lowest BCUT2D eigenvalue weighted by Gasteiger charge is -2.08. The maximum Gasteiger partial charge on any atom is 0.267 e. The lowest BCUT2D eigenvalue weighted by atomic mass is 10.2. The summed E-state index contributed by atoms with van der Waals surface area (Å²) in [4.78, 5) is 30.7. The first-order valence-electron chi connectivity index (χ1n) is 9.77. The number of carbonyl (C=O) groups is 2. The van der Waals surface area contributed by atoms with Crippen molar-refractivity contribution in [2.45, 2.75) is 30.2 Å². The highest BCUT2D eigenvalue weighted by Gasteiger charge is 2.18. The van der Waals surface area contributed by atoms with E-state index in [9.17, 15) is 18.0 Å². The zero-order valence-electron chi connectivity index (χ0n) is 17.8. The molecule has 0 saturated heterocycles. The van der Waals surface area contributed by atoms with Gasteiger partial charge in [0.1, 0.15) is 5.69 Å². The van der Waals surface area contributed by atoms with Gasteiger partial charge in [-0.05, 0) is 68.1 Å². The quantitative estimate of drug-likeness (QED) is 0.401. The van der Waals surface area contributed by atoms with Crippen molar-refractivity contribution in [1.29, 1.82) is 0 Å². The fraction of sp³-hybridized carbons (Fsp3) is 0.125. The number of aliphatic imine (C=N–C) groups is 1. The molecule has 0 unspecified atom stereocenters. The van der Waals surface area contributed by atoms with Crippen molar-refractivity contribution in [3.63, 3.8) is 0 Å². The van der Waals surface area contributed by atoms with Gasteiger partial charge in [0.15, 0.2) is 5.78 Å². The van der Waals surface area contributed by atoms with E-state index in [4.69, 9.17) is 0 Å². The average molecular weight is 450 g/mol. The van der Waals surface area contributed by atoms with Gasteiger partial charge in [-0.3, -0.25) is 14.6 Å². The van der Waals surface area contributed by atoms with Crippen LogP contribution < -0.4 is 5.32 Å². The van der Waals surface area contributed by atoms with Crippen LogP contribution >= 0.6 is 0 Å². The lowest BCUT2D eigenvalue weighted by Crippen LogP contribution is -2.23. The normalized spacial score (nSPS) is 11.4. The minimum Gasteiger partial charge on any atom is -0.351 e. The van der Waals surface area contributed by atoms with Crippen LogP contribution in [0, 0.1) is 6.92 Å². The molecule has 7 nitrogen and oxygen atoms in total. The third-order valence-electron chi connectivity index (χ3n) is 4.90. The fourth-order valence-corrected chi connectivity index (χ4v) is 4.33. The van der Waals surface area contributed by atoms with E-state index in [2.05, 4.69) is 22.0 Å². The van der Waals surface area contributed by atoms with Crippen LogP contribution in [0.5, 0.6) is 0 Å². The molecule has 2 aromatic carbocycles. The first kappa shape index (κ1) is 22.9. The molecule has 0 atom stereocenters. The number of rotatable bonds is 8. The topological polar surface area (TPSA) is 108 Å². The Kier molecular flexibility index (Phi) is 6.85. The Morgan fingerprint density at radius 1 is 1.06 bits per heavy atom. The molecular weight excluding hydrogens is 426 g/mol. The second kappa shape index (κ2) is 9.57. The molecule has 8 heteroatoms. The number of benzene rings is 2. The van der Waals surface area contributed by atoms with Crippen molar-refractivity contribution < 1.29 is 18.0 Å². The summed E-state index contributed by atoms with van der Waals surface area (Å²) >= 11 is 0. The Balaban J connectivity index is 1.68. The molecule has 164 valence electrons. The maximum absolute atomic E-state index is 12.8. The average Bonchev–Trinajstić information content (AvgIpc) is 3.16. The van der Waals surface area contributed by atoms with Gasteiger partial charge in [0, 0.05) is 24.0 Å². The Labute approximate surface area is 186 Å². The van der Waals surface area contributed by atoms with Crippen molar-refractivity contribution in [1.82, 2.24) is 10.3 Å². The zero-order chi connectivity index (χ0) is 23.3. The second-order valence-electron chi connectivity index (χ2n) is 7.19. The Hall–Kier alpha value is -3.78. The highest BCUT2D eigenvalue weighted by molar-refractivity contribution is 7.91. The van der Waals surface area contributed by atoms with E-state index in [1.54, 1.807) is 24.3 Å². The predicted molar refractivity (Wildman–Crippen MR) is 124 cm³/mol. The van der Waals surface area contributed by atoms with Crippen LogP contribution in [-0.4, -0.2) is 31.8 Å². The van der Waals surface area contributed by atoms with Crippen molar-refractivity contribution in [3.05, 3.63) is 88.9 Å². The van der Waals surface area contributed by atoms with Gasteiger partial charge in [0.05, 0.1) is 9.79 Å². The summed E-state index contributed by atoms with van der Waals surface area (Å²) in [5.74, 6) is -0.405. The Bertz CT molecular complexity index is 1290. The molecule has 3 rings (SSSR count). The van der Waals surface area contributed by atoms with Gasteiger partial charge in [0.2, 0.25) is 9.84 Å². The van der Waals surface area contributed by atoms with Crippen LogP contribution in [0.4, 0.5) is 0 Å². The van der Waals surface area contributed by atoms with Crippen molar-refractivity contribution >= 4 is 34.3 Å². The number of carbonyl (C=O) groups excluding carboxylic acids is 2. The lowest BCUT2D eigenvalue weighted by molar-refractivity contribution is 0.0945. The van der Waals surface area contributed by atoms with E-state index in [1.165, 1.54) is 49.5 Å². The molecule has 3 aromatic rings. The fourth-order valence-electron chi connectivity index (χ4n) is 3.07. The smallest absolute Gasteiger partial charge is 0.267 e. The van der Waals surface area contributed by atoms with Gasteiger partial charge in [0.25, 0.3) is 5.91 Å². The molecule has 1 heterocycles. The molecule has 0 aliphatic rings. The highest BCUT2D eigenvalue weighted by Crippen LogP contribution is 2.22. The molecule has 32 heavy (non-hydrogen) atoms. The van der Waals surface area contributed by atoms with E-state index in [1.807, 2.05) is 6.92 Å². The number of Topliss-reactive ketones (excluding diaryl/α,β-unsaturated/α-hetero) is 1. The molecule has 2 N–H and O–H groups in total. The number of amides is 1. The molecule has 0 fully saturated rings. The standard InChI is InChI=1S/C24H23N3O4S/c1-16-14-23(27-22(16)12-13-25-3)24(29)26-15-18-4-8-20(9-5-18)32(30,31)21-10-6-19(7-11-21)17(2)28/h4-14,27H,3,15H2,1-2H3,(H,26,29)/b13-12-. The molecule has 1 aromatic heterocycles. The van der Waals surface area contributed by atoms with E-state index in [-0.39, 0.29) is 28.0 Å². The van der Waals surface area contributed by atoms with E-state index >= 15 is 0 Å². The van der Waals surface area contributed by atoms with Crippen LogP contribution in [0.3, 0.4) is 0 Å². The van der Waals surface area contributed by atoms with Crippen molar-refractivity contribution in [3.8, 4) is 0 Å². The number of nitrogens with zero attached hydrogens (tertiary/aromatic N) is 1. The number of aryl methyl sites for hydroxylation is 1. The minimum atomic E-state index is -3.70. The van der Waals surface area contributed by atoms with Crippen molar-refractivity contribution in [2.24, 2.45) is 4.99 Å². The Morgan fingerprint density at radius 2 is 1.66 bits per heavy atom. The number of nitrogens with one attached hydrogen (secondary N) is 2. The van der Waals surface area contributed by atoms with Crippen LogP contribution in [0.15, 0.2) is 75.6 Å². The summed E-state index contributed by atoms with van der Waals surface area (Å²) in [7, 11) is -3.70. The summed E-state index contributed by atoms with van der Waals surface area (Å²) in [6.45, 7) is 6.92. The minimum absolute atomic E-state index is 0.113. The Morgan fingerprint density at radius 3 is 2.22 bits per heavy atom. The van der Waals surface area contributed by atoms with Crippen LogP contribution in [0.25, 0.3) is 6.08 Å². The number of sulfone groups is 1. The largest absolute Gasteiger partial charge is 0.351 e. The first-order valence-corrected chi connectivity index (χ1v) is 11.3. The summed E-state index contributed by atoms with van der Waals surface area (Å²) in [5.41, 5.74) is 3.30. The SMILES string of the molecule is C=N/C=C\c1[nH]c(C(=O)NCc2ccc(S(=O)(=O)c3ccc(C(C)=O)cc3)cc2)cc1C. The summed E-state index contributed by atoms with van der Waals surface area (Å²) < 4.78 is 25.6. The number of ketones is 1. The monoisotopic (exact) mass is 449 g/mol. The molecule has 1 amide bonds. The zero-order valence-corrected chi connectivity index (χ0v) is 18.6. The molecular formula is C24H23N3O4S. The van der Waals surface area contributed by atoms with E-state index in [0.29, 0.717) is 11.3 Å². The van der Waals surface area contributed by atoms with Gasteiger partial charge in [-0.1, -0.05) is 24.3 Å². The van der Waals surface area contributed by atoms with Crippen LogP contribution in [-0.2, 0) is 16.4 Å². The van der Waals surface area contributed by atoms with Crippen LogP contribution in [0.2, 0.25) is 0 Å². The number of H-pyrrole nitrogens is 1. The molecule has 0 radical (unpaired) electrons. The van der Waals surface area contributed by atoms with E-state index in [0.717, 1.165) is 16.8 Å². The molecule has 0 bridgehead atoms. The summed E-state index contributed by atoms with van der Waals surface area (Å²) in [6, 6.07) is 13.9. The van der Waals surface area contributed by atoms with Gasteiger partial charge < -0.3 is 10.3 Å². The second-order valence-corrected chi connectivity index (χ2v) is 9.14. The number of aromatic amines is 1. The molecule has 0 saturated carbocycles. The highest BCUT2D eigenvalue weighted by atomic mass is 32.2. The van der Waals surface area contributed by atoms with Gasteiger partial charge in [-0.2, -0.15) is 0 Å². The van der Waals surface area contributed by atoms with Crippen LogP contribution in [0.1, 0.15) is 44.6 Å². The third kappa shape index (κ3) is 5.09. The molecule has 0 aliphatic carbocycles. The van der Waals surface area contributed by atoms with Crippen molar-refractivity contribution in [2.75, 3.05) is 0 Å². The molecule has 0 spiro atoms.